The summed E-state index contributed by atoms with van der Waals surface area (Å²) in [5.41, 5.74) is 2.84. The second-order valence-corrected chi connectivity index (χ2v) is 6.20. The van der Waals surface area contributed by atoms with Crippen molar-refractivity contribution in [3.63, 3.8) is 0 Å². The lowest BCUT2D eigenvalue weighted by atomic mass is 10.1. The fourth-order valence-corrected chi connectivity index (χ4v) is 3.07. The number of pyridine rings is 1. The van der Waals surface area contributed by atoms with Gasteiger partial charge in [-0.1, -0.05) is 6.07 Å². The quantitative estimate of drug-likeness (QED) is 0.700. The zero-order chi connectivity index (χ0) is 17.9. The highest BCUT2D eigenvalue weighted by atomic mass is 16.7. The number of ether oxygens (including phenoxy) is 3. The van der Waals surface area contributed by atoms with Crippen molar-refractivity contribution in [1.82, 2.24) is 14.8 Å². The Morgan fingerprint density at radius 3 is 2.81 bits per heavy atom. The maximum atomic E-state index is 6.02. The van der Waals surface area contributed by atoms with Gasteiger partial charge in [0.1, 0.15) is 0 Å². The first kappa shape index (κ1) is 16.6. The first-order chi connectivity index (χ1) is 12.7. The molecule has 3 heterocycles. The predicted molar refractivity (Wildman–Crippen MR) is 97.7 cm³/mol. The summed E-state index contributed by atoms with van der Waals surface area (Å²) >= 11 is 0. The van der Waals surface area contributed by atoms with Gasteiger partial charge in [0.15, 0.2) is 23.6 Å². The standard InChI is InChI=1S/C20H21N3O3/c1-14-12-16(23(22-14)19-6-3-4-10-21-19)15-8-9-17(24-2)18(13-15)26-20-7-5-11-25-20/h3-4,6,8-10,12-13,20H,5,7,11H2,1-2H3. The van der Waals surface area contributed by atoms with Gasteiger partial charge in [-0.05, 0) is 49.7 Å². The van der Waals surface area contributed by atoms with Gasteiger partial charge in [0.2, 0.25) is 0 Å². The van der Waals surface area contributed by atoms with E-state index in [0.29, 0.717) is 11.5 Å². The van der Waals surface area contributed by atoms with Gasteiger partial charge in [-0.2, -0.15) is 5.10 Å². The molecule has 26 heavy (non-hydrogen) atoms. The van der Waals surface area contributed by atoms with Crippen LogP contribution < -0.4 is 9.47 Å². The number of rotatable bonds is 5. The van der Waals surface area contributed by atoms with Crippen LogP contribution in [0.5, 0.6) is 11.5 Å². The summed E-state index contributed by atoms with van der Waals surface area (Å²) in [7, 11) is 1.64. The van der Waals surface area contributed by atoms with Crippen LogP contribution in [0.2, 0.25) is 0 Å². The van der Waals surface area contributed by atoms with Gasteiger partial charge >= 0.3 is 0 Å². The van der Waals surface area contributed by atoms with Crippen LogP contribution in [0.1, 0.15) is 18.5 Å². The van der Waals surface area contributed by atoms with E-state index in [-0.39, 0.29) is 6.29 Å². The number of aromatic nitrogens is 3. The van der Waals surface area contributed by atoms with Crippen LogP contribution in [0.4, 0.5) is 0 Å². The van der Waals surface area contributed by atoms with E-state index in [4.69, 9.17) is 14.2 Å². The normalized spacial score (nSPS) is 16.6. The molecule has 0 aliphatic carbocycles. The van der Waals surface area contributed by atoms with Crippen molar-refractivity contribution in [2.45, 2.75) is 26.1 Å². The smallest absolute Gasteiger partial charge is 0.200 e. The van der Waals surface area contributed by atoms with E-state index >= 15 is 0 Å². The van der Waals surface area contributed by atoms with Crippen LogP contribution in [0.3, 0.4) is 0 Å². The molecule has 0 amide bonds. The zero-order valence-corrected chi connectivity index (χ0v) is 14.9. The van der Waals surface area contributed by atoms with Crippen LogP contribution >= 0.6 is 0 Å². The summed E-state index contributed by atoms with van der Waals surface area (Å²) in [6.45, 7) is 2.70. The van der Waals surface area contributed by atoms with E-state index in [1.54, 1.807) is 13.3 Å². The van der Waals surface area contributed by atoms with Gasteiger partial charge < -0.3 is 14.2 Å². The SMILES string of the molecule is COc1ccc(-c2cc(C)nn2-c2ccccn2)cc1OC1CCCO1. The summed E-state index contributed by atoms with van der Waals surface area (Å²) in [4.78, 5) is 4.41. The largest absolute Gasteiger partial charge is 0.493 e. The summed E-state index contributed by atoms with van der Waals surface area (Å²) in [6, 6.07) is 13.7. The molecule has 1 aliphatic rings. The lowest BCUT2D eigenvalue weighted by Crippen LogP contribution is -2.14. The molecule has 0 radical (unpaired) electrons. The Bertz CT molecular complexity index is 887. The molecule has 6 heteroatoms. The van der Waals surface area contributed by atoms with Crippen molar-refractivity contribution in [2.24, 2.45) is 0 Å². The van der Waals surface area contributed by atoms with Crippen LogP contribution in [0, 0.1) is 6.92 Å². The minimum Gasteiger partial charge on any atom is -0.493 e. The van der Waals surface area contributed by atoms with Gasteiger partial charge in [0.25, 0.3) is 0 Å². The molecule has 0 saturated carbocycles. The van der Waals surface area contributed by atoms with E-state index in [1.807, 2.05) is 54.1 Å². The van der Waals surface area contributed by atoms with Crippen molar-refractivity contribution in [3.05, 3.63) is 54.4 Å². The first-order valence-corrected chi connectivity index (χ1v) is 8.69. The predicted octanol–water partition coefficient (Wildman–Crippen LogP) is 3.77. The number of nitrogens with zero attached hydrogens (tertiary/aromatic N) is 3. The Labute approximate surface area is 152 Å². The van der Waals surface area contributed by atoms with Gasteiger partial charge in [-0.15, -0.1) is 0 Å². The topological polar surface area (TPSA) is 58.4 Å². The Morgan fingerprint density at radius 2 is 2.08 bits per heavy atom. The third kappa shape index (κ3) is 3.28. The molecular weight excluding hydrogens is 330 g/mol. The molecule has 6 nitrogen and oxygen atoms in total. The number of hydrogen-bond acceptors (Lipinski definition) is 5. The van der Waals surface area contributed by atoms with Crippen molar-refractivity contribution in [3.8, 4) is 28.6 Å². The fraction of sp³-hybridized carbons (Fsp3) is 0.300. The molecule has 3 aromatic rings. The highest BCUT2D eigenvalue weighted by Gasteiger charge is 2.20. The Hall–Kier alpha value is -2.86. The fourth-order valence-electron chi connectivity index (χ4n) is 3.07. The van der Waals surface area contributed by atoms with Crippen LogP contribution in [-0.2, 0) is 4.74 Å². The Kier molecular flexibility index (Phi) is 4.58. The van der Waals surface area contributed by atoms with Crippen molar-refractivity contribution >= 4 is 0 Å². The molecule has 0 spiro atoms. The van der Waals surface area contributed by atoms with Crippen LogP contribution in [0.15, 0.2) is 48.7 Å². The van der Waals surface area contributed by atoms with Crippen molar-refractivity contribution in [1.29, 1.82) is 0 Å². The number of benzene rings is 1. The highest BCUT2D eigenvalue weighted by Crippen LogP contribution is 2.35. The van der Waals surface area contributed by atoms with Gasteiger partial charge in [0, 0.05) is 18.2 Å². The maximum absolute atomic E-state index is 6.02. The number of hydrogen-bond donors (Lipinski definition) is 0. The number of methoxy groups -OCH3 is 1. The molecular formula is C20H21N3O3. The van der Waals surface area contributed by atoms with Gasteiger partial charge in [0.05, 0.1) is 25.1 Å². The van der Waals surface area contributed by atoms with E-state index in [0.717, 1.165) is 42.2 Å². The maximum Gasteiger partial charge on any atom is 0.200 e. The third-order valence-corrected chi connectivity index (χ3v) is 4.30. The number of aryl methyl sites for hydroxylation is 1. The lowest BCUT2D eigenvalue weighted by molar-refractivity contribution is -0.0402. The van der Waals surface area contributed by atoms with E-state index < -0.39 is 0 Å². The van der Waals surface area contributed by atoms with Crippen LogP contribution in [0.25, 0.3) is 17.1 Å². The molecule has 1 aromatic carbocycles. The summed E-state index contributed by atoms with van der Waals surface area (Å²) in [6.07, 6.45) is 3.44. The van der Waals surface area contributed by atoms with E-state index in [2.05, 4.69) is 10.1 Å². The molecule has 2 aromatic heterocycles. The minimum absolute atomic E-state index is 0.221. The highest BCUT2D eigenvalue weighted by molar-refractivity contribution is 5.66. The van der Waals surface area contributed by atoms with Gasteiger partial charge in [-0.25, -0.2) is 9.67 Å². The van der Waals surface area contributed by atoms with E-state index in [9.17, 15) is 0 Å². The average Bonchev–Trinajstić information content (AvgIpc) is 3.32. The Morgan fingerprint density at radius 1 is 1.15 bits per heavy atom. The zero-order valence-electron chi connectivity index (χ0n) is 14.9. The molecule has 1 atom stereocenters. The van der Waals surface area contributed by atoms with Gasteiger partial charge in [-0.3, -0.25) is 0 Å². The molecule has 134 valence electrons. The minimum atomic E-state index is -0.221. The summed E-state index contributed by atoms with van der Waals surface area (Å²) in [5, 5.41) is 4.59. The van der Waals surface area contributed by atoms with E-state index in [1.165, 1.54) is 0 Å². The lowest BCUT2D eigenvalue weighted by Gasteiger charge is -2.16. The van der Waals surface area contributed by atoms with Crippen molar-refractivity contribution < 1.29 is 14.2 Å². The first-order valence-electron chi connectivity index (χ1n) is 8.69. The Balaban J connectivity index is 1.74. The molecule has 0 N–H and O–H groups in total. The molecule has 4 rings (SSSR count). The average molecular weight is 351 g/mol. The second-order valence-electron chi connectivity index (χ2n) is 6.20. The monoisotopic (exact) mass is 351 g/mol. The molecule has 1 saturated heterocycles. The molecule has 0 bridgehead atoms. The second kappa shape index (κ2) is 7.17. The van der Waals surface area contributed by atoms with Crippen LogP contribution in [-0.4, -0.2) is 34.8 Å². The third-order valence-electron chi connectivity index (χ3n) is 4.30. The molecule has 1 aliphatic heterocycles. The summed E-state index contributed by atoms with van der Waals surface area (Å²) in [5.74, 6) is 2.13. The van der Waals surface area contributed by atoms with Crippen molar-refractivity contribution in [2.75, 3.05) is 13.7 Å². The summed E-state index contributed by atoms with van der Waals surface area (Å²) < 4.78 is 18.9. The molecule has 1 unspecified atom stereocenters. The molecule has 1 fully saturated rings.